The van der Waals surface area contributed by atoms with Crippen molar-refractivity contribution >= 4 is 21.6 Å². The van der Waals surface area contributed by atoms with E-state index >= 15 is 0 Å². The number of nitrogens with two attached hydrogens (primary N) is 1. The lowest BCUT2D eigenvalue weighted by atomic mass is 10.1. The lowest BCUT2D eigenvalue weighted by Gasteiger charge is -2.41. The molecular weight excluding hydrogens is 222 g/mol. The number of nitrogens with zero attached hydrogens (tertiary/aromatic N) is 4. The van der Waals surface area contributed by atoms with E-state index in [0.717, 1.165) is 18.2 Å². The summed E-state index contributed by atoms with van der Waals surface area (Å²) in [5.74, 6) is 0. The van der Waals surface area contributed by atoms with E-state index in [1.165, 1.54) is 30.7 Å². The lowest BCUT2D eigenvalue weighted by molar-refractivity contribution is 0.203. The Balaban J connectivity index is 1.80. The number of piperazine rings is 1. The van der Waals surface area contributed by atoms with Crippen LogP contribution in [0.25, 0.3) is 0 Å². The molecule has 2 fully saturated rings. The average Bonchev–Trinajstić information content (AvgIpc) is 2.84. The van der Waals surface area contributed by atoms with Gasteiger partial charge in [0, 0.05) is 25.2 Å². The molecule has 0 radical (unpaired) electrons. The van der Waals surface area contributed by atoms with Crippen LogP contribution in [0, 0.1) is 0 Å². The van der Waals surface area contributed by atoms with Crippen LogP contribution in [0.1, 0.15) is 19.8 Å². The summed E-state index contributed by atoms with van der Waals surface area (Å²) in [7, 11) is 0. The van der Waals surface area contributed by atoms with Crippen LogP contribution in [-0.4, -0.2) is 46.8 Å². The van der Waals surface area contributed by atoms with Gasteiger partial charge >= 0.3 is 0 Å². The van der Waals surface area contributed by atoms with E-state index < -0.39 is 0 Å². The third-order valence-electron chi connectivity index (χ3n) is 3.61. The molecule has 2 aliphatic rings. The van der Waals surface area contributed by atoms with Gasteiger partial charge in [0.05, 0.1) is 0 Å². The summed E-state index contributed by atoms with van der Waals surface area (Å²) in [6, 6.07) is 1.23. The van der Waals surface area contributed by atoms with E-state index in [2.05, 4.69) is 26.9 Å². The largest absolute Gasteiger partial charge is 0.374 e. The fourth-order valence-corrected chi connectivity index (χ4v) is 3.52. The third kappa shape index (κ3) is 1.66. The van der Waals surface area contributed by atoms with Gasteiger partial charge in [0.25, 0.3) is 0 Å². The van der Waals surface area contributed by atoms with Gasteiger partial charge < -0.3 is 10.6 Å². The van der Waals surface area contributed by atoms with E-state index in [9.17, 15) is 0 Å². The molecule has 0 bridgehead atoms. The molecule has 1 aromatic heterocycles. The van der Waals surface area contributed by atoms with Crippen LogP contribution in [0.15, 0.2) is 0 Å². The topological polar surface area (TPSA) is 58.3 Å². The van der Waals surface area contributed by atoms with E-state index in [1.54, 1.807) is 0 Å². The van der Waals surface area contributed by atoms with Crippen molar-refractivity contribution in [1.82, 2.24) is 15.1 Å². The molecule has 16 heavy (non-hydrogen) atoms. The zero-order valence-electron chi connectivity index (χ0n) is 9.46. The summed E-state index contributed by atoms with van der Waals surface area (Å²) in [6.07, 6.45) is 2.65. The molecule has 3 heterocycles. The molecule has 2 N–H and O–H groups in total. The molecule has 0 aliphatic carbocycles. The van der Waals surface area contributed by atoms with Crippen molar-refractivity contribution in [2.45, 2.75) is 31.8 Å². The molecule has 0 amide bonds. The van der Waals surface area contributed by atoms with Crippen LogP contribution < -0.4 is 10.6 Å². The van der Waals surface area contributed by atoms with Gasteiger partial charge in [-0.1, -0.05) is 11.3 Å². The summed E-state index contributed by atoms with van der Waals surface area (Å²) >= 11 is 1.50. The number of aromatic nitrogens is 2. The first-order chi connectivity index (χ1) is 7.74. The molecule has 6 heteroatoms. The normalized spacial score (nSPS) is 30.7. The number of anilines is 2. The van der Waals surface area contributed by atoms with E-state index in [-0.39, 0.29) is 0 Å². The van der Waals surface area contributed by atoms with Crippen molar-refractivity contribution in [3.8, 4) is 0 Å². The van der Waals surface area contributed by atoms with Crippen molar-refractivity contribution in [3.05, 3.63) is 0 Å². The zero-order chi connectivity index (χ0) is 11.1. The van der Waals surface area contributed by atoms with Crippen molar-refractivity contribution in [1.29, 1.82) is 0 Å². The standard InChI is InChI=1S/C10H17N5S/c1-7-5-14-4-2-3-8(14)6-15(7)10-13-12-9(11)16-10/h7-8H,2-6H2,1H3,(H2,11,12)/t7-,8+/m1/s1. The second kappa shape index (κ2) is 3.85. The van der Waals surface area contributed by atoms with E-state index in [0.29, 0.717) is 17.2 Å². The highest BCUT2D eigenvalue weighted by molar-refractivity contribution is 7.18. The first-order valence-corrected chi connectivity index (χ1v) is 6.65. The van der Waals surface area contributed by atoms with Crippen LogP contribution in [0.3, 0.4) is 0 Å². The molecule has 1 aromatic rings. The Morgan fingerprint density at radius 1 is 1.38 bits per heavy atom. The minimum atomic E-state index is 0.515. The average molecular weight is 239 g/mol. The Bertz CT molecular complexity index is 379. The predicted octanol–water partition coefficient (Wildman–Crippen LogP) is 0.793. The van der Waals surface area contributed by atoms with E-state index in [1.807, 2.05) is 0 Å². The maximum Gasteiger partial charge on any atom is 0.210 e. The Labute approximate surface area is 99.2 Å². The Morgan fingerprint density at radius 3 is 3.00 bits per heavy atom. The van der Waals surface area contributed by atoms with Crippen LogP contribution in [0.5, 0.6) is 0 Å². The molecule has 0 aromatic carbocycles. The molecule has 3 rings (SSSR count). The highest BCUT2D eigenvalue weighted by Gasteiger charge is 2.35. The highest BCUT2D eigenvalue weighted by atomic mass is 32.1. The quantitative estimate of drug-likeness (QED) is 0.785. The van der Waals surface area contributed by atoms with Crippen molar-refractivity contribution in [2.75, 3.05) is 30.3 Å². The molecule has 0 spiro atoms. The Hall–Kier alpha value is -0.880. The summed E-state index contributed by atoms with van der Waals surface area (Å²) in [5, 5.41) is 9.61. The molecule has 2 aliphatic heterocycles. The Morgan fingerprint density at radius 2 is 2.25 bits per heavy atom. The molecule has 0 unspecified atom stereocenters. The second-order valence-corrected chi connectivity index (χ2v) is 5.70. The van der Waals surface area contributed by atoms with Gasteiger partial charge in [0.2, 0.25) is 10.3 Å². The number of fused-ring (bicyclic) bond motifs is 1. The third-order valence-corrected chi connectivity index (χ3v) is 4.40. The number of hydrogen-bond donors (Lipinski definition) is 1. The lowest BCUT2D eigenvalue weighted by Crippen LogP contribution is -2.55. The van der Waals surface area contributed by atoms with Crippen LogP contribution in [-0.2, 0) is 0 Å². The van der Waals surface area contributed by atoms with Gasteiger partial charge in [-0.15, -0.1) is 10.2 Å². The van der Waals surface area contributed by atoms with E-state index in [4.69, 9.17) is 5.73 Å². The van der Waals surface area contributed by atoms with Crippen LogP contribution in [0.2, 0.25) is 0 Å². The van der Waals surface area contributed by atoms with Gasteiger partial charge in [-0.05, 0) is 26.3 Å². The number of rotatable bonds is 1. The summed E-state index contributed by atoms with van der Waals surface area (Å²) in [6.45, 7) is 5.74. The monoisotopic (exact) mass is 239 g/mol. The van der Waals surface area contributed by atoms with Gasteiger partial charge in [-0.25, -0.2) is 0 Å². The fraction of sp³-hybridized carbons (Fsp3) is 0.800. The maximum absolute atomic E-state index is 5.65. The van der Waals surface area contributed by atoms with Crippen molar-refractivity contribution < 1.29 is 0 Å². The van der Waals surface area contributed by atoms with Gasteiger partial charge in [-0.3, -0.25) is 4.90 Å². The maximum atomic E-state index is 5.65. The minimum Gasteiger partial charge on any atom is -0.374 e. The number of nitrogen functional groups attached to an aromatic ring is 1. The van der Waals surface area contributed by atoms with Crippen molar-refractivity contribution in [3.63, 3.8) is 0 Å². The fourth-order valence-electron chi connectivity index (χ4n) is 2.80. The highest BCUT2D eigenvalue weighted by Crippen LogP contribution is 2.30. The van der Waals surface area contributed by atoms with Gasteiger partial charge in [0.15, 0.2) is 0 Å². The smallest absolute Gasteiger partial charge is 0.210 e. The first kappa shape index (κ1) is 10.3. The zero-order valence-corrected chi connectivity index (χ0v) is 10.3. The molecule has 2 atom stereocenters. The summed E-state index contributed by atoms with van der Waals surface area (Å²) < 4.78 is 0. The number of hydrogen-bond acceptors (Lipinski definition) is 6. The predicted molar refractivity (Wildman–Crippen MR) is 65.7 cm³/mol. The summed E-state index contributed by atoms with van der Waals surface area (Å²) in [5.41, 5.74) is 5.65. The molecule has 0 saturated carbocycles. The molecular formula is C10H17N5S. The first-order valence-electron chi connectivity index (χ1n) is 5.83. The Kier molecular flexibility index (Phi) is 2.48. The van der Waals surface area contributed by atoms with Crippen molar-refractivity contribution in [2.24, 2.45) is 0 Å². The second-order valence-electron chi connectivity index (χ2n) is 4.72. The minimum absolute atomic E-state index is 0.515. The summed E-state index contributed by atoms with van der Waals surface area (Å²) in [4.78, 5) is 4.96. The molecule has 2 saturated heterocycles. The SMILES string of the molecule is C[C@@H]1CN2CCC[C@H]2CN1c1nnc(N)s1. The van der Waals surface area contributed by atoms with Crippen LogP contribution >= 0.6 is 11.3 Å². The molecule has 88 valence electrons. The van der Waals surface area contributed by atoms with Gasteiger partial charge in [0.1, 0.15) is 0 Å². The van der Waals surface area contributed by atoms with Gasteiger partial charge in [-0.2, -0.15) is 0 Å². The molecule has 5 nitrogen and oxygen atoms in total. The van der Waals surface area contributed by atoms with Crippen LogP contribution in [0.4, 0.5) is 10.3 Å².